The van der Waals surface area contributed by atoms with Crippen molar-refractivity contribution in [3.63, 3.8) is 0 Å². The quantitative estimate of drug-likeness (QED) is 0.772. The summed E-state index contributed by atoms with van der Waals surface area (Å²) in [4.78, 5) is 23.4. The number of hydrazone groups is 1. The number of hydrogen-bond acceptors (Lipinski definition) is 5. The van der Waals surface area contributed by atoms with E-state index >= 15 is 0 Å². The van der Waals surface area contributed by atoms with Gasteiger partial charge in [0.15, 0.2) is 5.78 Å². The molecule has 0 N–H and O–H groups in total. The van der Waals surface area contributed by atoms with Gasteiger partial charge in [0.05, 0.1) is 18.8 Å². The van der Waals surface area contributed by atoms with E-state index in [2.05, 4.69) is 5.10 Å². The number of esters is 1. The molecule has 1 aliphatic heterocycles. The number of ketones is 1. The van der Waals surface area contributed by atoms with Crippen molar-refractivity contribution < 1.29 is 14.3 Å². The van der Waals surface area contributed by atoms with E-state index < -0.39 is 11.9 Å². The normalized spacial score (nSPS) is 18.1. The van der Waals surface area contributed by atoms with Crippen LogP contribution in [0.4, 0.5) is 5.69 Å². The Balaban J connectivity index is 2.24. The average molecular weight is 260 g/mol. The smallest absolute Gasteiger partial charge is 0.317 e. The molecule has 0 fully saturated rings. The van der Waals surface area contributed by atoms with Crippen molar-refractivity contribution in [3.8, 4) is 0 Å². The SMILES string of the molecule is CCOC(=O)C1CN(c2ccccc2)N=C1C(C)=O. The molecule has 1 atom stereocenters. The van der Waals surface area contributed by atoms with Crippen LogP contribution in [0.1, 0.15) is 13.8 Å². The van der Waals surface area contributed by atoms with E-state index in [4.69, 9.17) is 4.74 Å². The molecule has 1 aliphatic rings. The lowest BCUT2D eigenvalue weighted by Gasteiger charge is -2.15. The lowest BCUT2D eigenvalue weighted by atomic mass is 10.0. The molecule has 0 aliphatic carbocycles. The predicted molar refractivity (Wildman–Crippen MR) is 72.0 cm³/mol. The molecule has 1 aromatic carbocycles. The summed E-state index contributed by atoms with van der Waals surface area (Å²) in [5.41, 5.74) is 1.12. The van der Waals surface area contributed by atoms with Crippen LogP contribution in [-0.2, 0) is 14.3 Å². The summed E-state index contributed by atoms with van der Waals surface area (Å²) in [6.45, 7) is 3.80. The summed E-state index contributed by atoms with van der Waals surface area (Å²) in [7, 11) is 0. The van der Waals surface area contributed by atoms with Gasteiger partial charge in [-0.1, -0.05) is 18.2 Å². The molecule has 0 amide bonds. The van der Waals surface area contributed by atoms with Crippen LogP contribution in [0.2, 0.25) is 0 Å². The Kier molecular flexibility index (Phi) is 3.94. The maximum Gasteiger partial charge on any atom is 0.317 e. The van der Waals surface area contributed by atoms with Crippen molar-refractivity contribution in [2.45, 2.75) is 13.8 Å². The van der Waals surface area contributed by atoms with Gasteiger partial charge in [-0.15, -0.1) is 0 Å². The van der Waals surface area contributed by atoms with Crippen molar-refractivity contribution in [2.24, 2.45) is 11.0 Å². The van der Waals surface area contributed by atoms with Gasteiger partial charge in [-0.25, -0.2) is 0 Å². The van der Waals surface area contributed by atoms with Crippen LogP contribution in [-0.4, -0.2) is 30.6 Å². The first kappa shape index (κ1) is 13.3. The highest BCUT2D eigenvalue weighted by Crippen LogP contribution is 2.23. The Morgan fingerprint density at radius 1 is 1.37 bits per heavy atom. The molecule has 100 valence electrons. The van der Waals surface area contributed by atoms with Crippen LogP contribution in [0.3, 0.4) is 0 Å². The summed E-state index contributed by atoms with van der Waals surface area (Å²) < 4.78 is 4.99. The molecule has 0 aromatic heterocycles. The molecule has 0 spiro atoms. The summed E-state index contributed by atoms with van der Waals surface area (Å²) in [5.74, 6) is -1.19. The zero-order chi connectivity index (χ0) is 13.8. The van der Waals surface area contributed by atoms with E-state index in [0.29, 0.717) is 13.2 Å². The summed E-state index contributed by atoms with van der Waals surface area (Å²) in [5, 5.41) is 5.91. The van der Waals surface area contributed by atoms with Crippen molar-refractivity contribution in [1.29, 1.82) is 0 Å². The first-order valence-corrected chi connectivity index (χ1v) is 6.22. The Bertz CT molecular complexity index is 511. The molecule has 0 bridgehead atoms. The lowest BCUT2D eigenvalue weighted by molar-refractivity contribution is -0.145. The second kappa shape index (κ2) is 5.65. The number of ether oxygens (including phenoxy) is 1. The molecule has 1 unspecified atom stereocenters. The Morgan fingerprint density at radius 2 is 2.05 bits per heavy atom. The van der Waals surface area contributed by atoms with Crippen LogP contribution in [0, 0.1) is 5.92 Å². The zero-order valence-corrected chi connectivity index (χ0v) is 11.0. The fraction of sp³-hybridized carbons (Fsp3) is 0.357. The minimum Gasteiger partial charge on any atom is -0.465 e. The maximum atomic E-state index is 11.9. The highest BCUT2D eigenvalue weighted by Gasteiger charge is 2.36. The molecule has 1 aromatic rings. The number of para-hydroxylation sites is 1. The molecule has 0 saturated carbocycles. The first-order valence-electron chi connectivity index (χ1n) is 6.22. The van der Waals surface area contributed by atoms with Gasteiger partial charge < -0.3 is 4.74 Å². The first-order chi connectivity index (χ1) is 9.13. The number of carbonyl (C=O) groups is 2. The number of hydrogen-bond donors (Lipinski definition) is 0. The molecule has 5 nitrogen and oxygen atoms in total. The third-order valence-corrected chi connectivity index (χ3v) is 2.90. The summed E-state index contributed by atoms with van der Waals surface area (Å²) in [6.07, 6.45) is 0. The molecule has 2 rings (SSSR count). The van der Waals surface area contributed by atoms with Gasteiger partial charge in [-0.05, 0) is 19.1 Å². The number of Topliss-reactive ketones (excluding diaryl/α,β-unsaturated/α-hetero) is 1. The second-order valence-electron chi connectivity index (χ2n) is 4.26. The van der Waals surface area contributed by atoms with E-state index in [0.717, 1.165) is 5.69 Å². The van der Waals surface area contributed by atoms with Crippen LogP contribution < -0.4 is 5.01 Å². The number of anilines is 1. The standard InChI is InChI=1S/C14H16N2O3/c1-3-19-14(18)12-9-16(15-13(12)10(2)17)11-7-5-4-6-8-11/h4-8,12H,3,9H2,1-2H3. The number of benzene rings is 1. The van der Waals surface area contributed by atoms with Crippen LogP contribution in [0.15, 0.2) is 35.4 Å². The van der Waals surface area contributed by atoms with Crippen molar-refractivity contribution in [2.75, 3.05) is 18.2 Å². The number of nitrogens with zero attached hydrogens (tertiary/aromatic N) is 2. The third-order valence-electron chi connectivity index (χ3n) is 2.90. The van der Waals surface area contributed by atoms with Gasteiger partial charge in [0, 0.05) is 6.92 Å². The highest BCUT2D eigenvalue weighted by molar-refractivity contribution is 6.43. The zero-order valence-electron chi connectivity index (χ0n) is 11.0. The van der Waals surface area contributed by atoms with E-state index in [1.54, 1.807) is 11.9 Å². The van der Waals surface area contributed by atoms with E-state index in [9.17, 15) is 9.59 Å². The monoisotopic (exact) mass is 260 g/mol. The fourth-order valence-corrected chi connectivity index (χ4v) is 2.01. The third kappa shape index (κ3) is 2.81. The van der Waals surface area contributed by atoms with E-state index in [1.807, 2.05) is 30.3 Å². The van der Waals surface area contributed by atoms with Crippen LogP contribution in [0.25, 0.3) is 0 Å². The predicted octanol–water partition coefficient (Wildman–Crippen LogP) is 1.63. The molecule has 0 radical (unpaired) electrons. The van der Waals surface area contributed by atoms with E-state index in [-0.39, 0.29) is 11.5 Å². The van der Waals surface area contributed by atoms with Crippen molar-refractivity contribution in [1.82, 2.24) is 0 Å². The fourth-order valence-electron chi connectivity index (χ4n) is 2.01. The van der Waals surface area contributed by atoms with Gasteiger partial charge in [0.25, 0.3) is 0 Å². The number of rotatable bonds is 4. The van der Waals surface area contributed by atoms with Crippen molar-refractivity contribution >= 4 is 23.2 Å². The summed E-state index contributed by atoms with van der Waals surface area (Å²) >= 11 is 0. The molecular formula is C14H16N2O3. The molecule has 0 saturated heterocycles. The average Bonchev–Trinajstić information content (AvgIpc) is 2.85. The highest BCUT2D eigenvalue weighted by atomic mass is 16.5. The Labute approximate surface area is 111 Å². The van der Waals surface area contributed by atoms with Crippen LogP contribution >= 0.6 is 0 Å². The van der Waals surface area contributed by atoms with Gasteiger partial charge in [0.1, 0.15) is 11.6 Å². The Hall–Kier alpha value is -2.17. The maximum absolute atomic E-state index is 11.9. The molecular weight excluding hydrogens is 244 g/mol. The molecule has 5 heteroatoms. The minimum absolute atomic E-state index is 0.198. The van der Waals surface area contributed by atoms with Gasteiger partial charge >= 0.3 is 5.97 Å². The second-order valence-corrected chi connectivity index (χ2v) is 4.26. The van der Waals surface area contributed by atoms with Gasteiger partial charge in [-0.3, -0.25) is 14.6 Å². The topological polar surface area (TPSA) is 59.0 Å². The Morgan fingerprint density at radius 3 is 2.63 bits per heavy atom. The van der Waals surface area contributed by atoms with E-state index in [1.165, 1.54) is 6.92 Å². The summed E-state index contributed by atoms with van der Waals surface area (Å²) in [6, 6.07) is 9.44. The van der Waals surface area contributed by atoms with Gasteiger partial charge in [0.2, 0.25) is 0 Å². The lowest BCUT2D eigenvalue weighted by Crippen LogP contribution is -2.31. The van der Waals surface area contributed by atoms with Crippen molar-refractivity contribution in [3.05, 3.63) is 30.3 Å². The molecule has 1 heterocycles. The van der Waals surface area contributed by atoms with Crippen LogP contribution in [0.5, 0.6) is 0 Å². The minimum atomic E-state index is -0.599. The largest absolute Gasteiger partial charge is 0.465 e. The number of carbonyl (C=O) groups excluding carboxylic acids is 2. The van der Waals surface area contributed by atoms with Gasteiger partial charge in [-0.2, -0.15) is 5.10 Å². The molecule has 19 heavy (non-hydrogen) atoms.